The van der Waals surface area contributed by atoms with Crippen LogP contribution in [0.1, 0.15) is 30.0 Å². The van der Waals surface area contributed by atoms with Crippen LogP contribution in [0.2, 0.25) is 0 Å². The number of carboxylic acid groups (broad SMARTS) is 1. The van der Waals surface area contributed by atoms with Crippen LogP contribution in [0.15, 0.2) is 4.52 Å². The molecular weight excluding hydrogens is 242 g/mol. The van der Waals surface area contributed by atoms with Crippen LogP contribution in [0, 0.1) is 13.8 Å². The van der Waals surface area contributed by atoms with E-state index in [1.54, 1.807) is 20.8 Å². The lowest BCUT2D eigenvalue weighted by Gasteiger charge is -2.13. The quantitative estimate of drug-likeness (QED) is 0.668. The average Bonchev–Trinajstić information content (AvgIpc) is 2.57. The van der Waals surface area contributed by atoms with Crippen LogP contribution in [0.5, 0.6) is 0 Å². The van der Waals surface area contributed by atoms with Gasteiger partial charge in [-0.05, 0) is 20.8 Å². The summed E-state index contributed by atoms with van der Waals surface area (Å²) in [6.45, 7) is 4.66. The van der Waals surface area contributed by atoms with E-state index in [0.717, 1.165) is 5.56 Å². The highest BCUT2D eigenvalue weighted by molar-refractivity contribution is 5.74. The monoisotopic (exact) mass is 257 g/mol. The van der Waals surface area contributed by atoms with E-state index in [0.29, 0.717) is 11.5 Å². The van der Waals surface area contributed by atoms with Gasteiger partial charge in [0, 0.05) is 5.56 Å². The normalized spacial score (nSPS) is 11.9. The molecular formula is C10H15N3O5. The third-order valence-electron chi connectivity index (χ3n) is 2.23. The van der Waals surface area contributed by atoms with Crippen LogP contribution in [0.3, 0.4) is 0 Å². The molecule has 0 radical (unpaired) electrons. The Labute approximate surface area is 103 Å². The number of hydroxylamine groups is 1. The zero-order valence-corrected chi connectivity index (χ0v) is 10.3. The molecule has 1 rings (SSSR count). The fraction of sp³-hybridized carbons (Fsp3) is 0.500. The fourth-order valence-corrected chi connectivity index (χ4v) is 1.57. The number of rotatable bonds is 5. The molecule has 0 fully saturated rings. The molecule has 0 aromatic carbocycles. The molecule has 0 saturated carbocycles. The van der Waals surface area contributed by atoms with Gasteiger partial charge >= 0.3 is 12.0 Å². The number of nitrogens with one attached hydrogen (secondary N) is 2. The second-order valence-corrected chi connectivity index (χ2v) is 3.72. The van der Waals surface area contributed by atoms with Gasteiger partial charge in [0.15, 0.2) is 6.61 Å². The number of carboxylic acids is 1. The molecule has 1 atom stereocenters. The van der Waals surface area contributed by atoms with Gasteiger partial charge in [-0.15, -0.1) is 0 Å². The highest BCUT2D eigenvalue weighted by Crippen LogP contribution is 2.20. The lowest BCUT2D eigenvalue weighted by atomic mass is 10.1. The summed E-state index contributed by atoms with van der Waals surface area (Å²) in [4.78, 5) is 26.0. The third kappa shape index (κ3) is 3.74. The minimum Gasteiger partial charge on any atom is -0.479 e. The molecule has 0 aliphatic rings. The number of aliphatic carboxylic acids is 1. The fourth-order valence-electron chi connectivity index (χ4n) is 1.57. The number of nitrogens with zero attached hydrogens (tertiary/aromatic N) is 1. The Morgan fingerprint density at radius 1 is 1.50 bits per heavy atom. The van der Waals surface area contributed by atoms with Crippen LogP contribution in [0.25, 0.3) is 0 Å². The van der Waals surface area contributed by atoms with Gasteiger partial charge in [-0.3, -0.25) is 4.84 Å². The summed E-state index contributed by atoms with van der Waals surface area (Å²) in [5.74, 6) is -0.555. The number of hydrogen-bond acceptors (Lipinski definition) is 5. The number of aryl methyl sites for hydroxylation is 2. The first-order valence-electron chi connectivity index (χ1n) is 5.24. The van der Waals surface area contributed by atoms with Gasteiger partial charge < -0.3 is 14.9 Å². The van der Waals surface area contributed by atoms with Crippen LogP contribution in [0.4, 0.5) is 4.79 Å². The summed E-state index contributed by atoms with van der Waals surface area (Å²) in [7, 11) is 0. The second kappa shape index (κ2) is 6.01. The van der Waals surface area contributed by atoms with E-state index in [9.17, 15) is 9.59 Å². The molecule has 1 unspecified atom stereocenters. The molecule has 1 aromatic rings. The predicted octanol–water partition coefficient (Wildman–Crippen LogP) is 0.668. The van der Waals surface area contributed by atoms with Gasteiger partial charge in [-0.1, -0.05) is 5.16 Å². The van der Waals surface area contributed by atoms with E-state index >= 15 is 0 Å². The highest BCUT2D eigenvalue weighted by Gasteiger charge is 2.18. The Kier molecular flexibility index (Phi) is 4.67. The Balaban J connectivity index is 2.47. The van der Waals surface area contributed by atoms with E-state index in [1.807, 2.05) is 5.48 Å². The van der Waals surface area contributed by atoms with Crippen molar-refractivity contribution in [3.8, 4) is 0 Å². The molecule has 8 heteroatoms. The molecule has 18 heavy (non-hydrogen) atoms. The minimum absolute atomic E-state index is 0.329. The number of carbonyl (C=O) groups excluding carboxylic acids is 1. The molecule has 100 valence electrons. The van der Waals surface area contributed by atoms with Gasteiger partial charge in [0.05, 0.1) is 11.7 Å². The first kappa shape index (κ1) is 14.0. The number of amides is 2. The predicted molar refractivity (Wildman–Crippen MR) is 59.6 cm³/mol. The molecule has 0 spiro atoms. The van der Waals surface area contributed by atoms with Crippen LogP contribution in [-0.4, -0.2) is 28.9 Å². The Morgan fingerprint density at radius 3 is 2.67 bits per heavy atom. The summed E-state index contributed by atoms with van der Waals surface area (Å²) in [6, 6.07) is -0.964. The van der Waals surface area contributed by atoms with E-state index < -0.39 is 18.6 Å². The molecule has 3 N–H and O–H groups in total. The zero-order chi connectivity index (χ0) is 13.7. The minimum atomic E-state index is -1.17. The maximum Gasteiger partial charge on any atom is 0.339 e. The smallest absolute Gasteiger partial charge is 0.339 e. The van der Waals surface area contributed by atoms with Crippen LogP contribution < -0.4 is 10.8 Å². The largest absolute Gasteiger partial charge is 0.479 e. The zero-order valence-electron chi connectivity index (χ0n) is 10.3. The SMILES string of the molecule is Cc1noc(C)c1C(C)NC(=O)NOCC(=O)O. The van der Waals surface area contributed by atoms with Crippen molar-refractivity contribution in [3.05, 3.63) is 17.0 Å². The molecule has 1 heterocycles. The standard InChI is InChI=1S/C10H15N3O5/c1-5(9-6(2)12-18-7(9)3)11-10(16)13-17-4-8(14)15/h5H,4H2,1-3H3,(H,14,15)(H2,11,13,16). The number of aromatic nitrogens is 1. The lowest BCUT2D eigenvalue weighted by Crippen LogP contribution is -2.38. The third-order valence-corrected chi connectivity index (χ3v) is 2.23. The van der Waals surface area contributed by atoms with Crippen molar-refractivity contribution in [1.29, 1.82) is 0 Å². The molecule has 1 aromatic heterocycles. The average molecular weight is 257 g/mol. The van der Waals surface area contributed by atoms with Gasteiger partial charge in [0.2, 0.25) is 0 Å². The van der Waals surface area contributed by atoms with Crippen molar-refractivity contribution in [2.45, 2.75) is 26.8 Å². The Bertz CT molecular complexity index is 423. The van der Waals surface area contributed by atoms with Crippen molar-refractivity contribution >= 4 is 12.0 Å². The maximum absolute atomic E-state index is 11.4. The molecule has 0 aliphatic heterocycles. The number of urea groups is 1. The van der Waals surface area contributed by atoms with Crippen molar-refractivity contribution < 1.29 is 24.1 Å². The Hall–Kier alpha value is -2.09. The highest BCUT2D eigenvalue weighted by atomic mass is 16.7. The Morgan fingerprint density at radius 2 is 2.17 bits per heavy atom. The van der Waals surface area contributed by atoms with Crippen LogP contribution in [-0.2, 0) is 9.63 Å². The van der Waals surface area contributed by atoms with Gasteiger partial charge in [0.25, 0.3) is 0 Å². The maximum atomic E-state index is 11.4. The van der Waals surface area contributed by atoms with Crippen molar-refractivity contribution in [3.63, 3.8) is 0 Å². The molecule has 2 amide bonds. The van der Waals surface area contributed by atoms with Crippen molar-refractivity contribution in [1.82, 2.24) is 16.0 Å². The van der Waals surface area contributed by atoms with Crippen molar-refractivity contribution in [2.75, 3.05) is 6.61 Å². The van der Waals surface area contributed by atoms with E-state index in [4.69, 9.17) is 9.63 Å². The first-order valence-corrected chi connectivity index (χ1v) is 5.24. The van der Waals surface area contributed by atoms with Gasteiger partial charge in [-0.2, -0.15) is 0 Å². The summed E-state index contributed by atoms with van der Waals surface area (Å²) < 4.78 is 4.98. The number of hydrogen-bond donors (Lipinski definition) is 3. The van der Waals surface area contributed by atoms with Crippen molar-refractivity contribution in [2.24, 2.45) is 0 Å². The van der Waals surface area contributed by atoms with Gasteiger partial charge in [-0.25, -0.2) is 15.1 Å². The summed E-state index contributed by atoms with van der Waals surface area (Å²) >= 11 is 0. The first-order chi connectivity index (χ1) is 8.41. The van der Waals surface area contributed by atoms with Gasteiger partial charge in [0.1, 0.15) is 5.76 Å². The molecule has 0 bridgehead atoms. The molecule has 0 saturated heterocycles. The van der Waals surface area contributed by atoms with Crippen LogP contribution >= 0.6 is 0 Å². The summed E-state index contributed by atoms with van der Waals surface area (Å²) in [5.41, 5.74) is 3.43. The number of carbonyl (C=O) groups is 2. The lowest BCUT2D eigenvalue weighted by molar-refractivity contribution is -0.144. The van der Waals surface area contributed by atoms with E-state index in [-0.39, 0.29) is 6.04 Å². The second-order valence-electron chi connectivity index (χ2n) is 3.72. The topological polar surface area (TPSA) is 114 Å². The van der Waals surface area contributed by atoms with E-state index in [1.165, 1.54) is 0 Å². The molecule has 0 aliphatic carbocycles. The molecule has 8 nitrogen and oxygen atoms in total. The van der Waals surface area contributed by atoms with E-state index in [2.05, 4.69) is 15.3 Å². The summed E-state index contributed by atoms with van der Waals surface area (Å²) in [6.07, 6.45) is 0. The summed E-state index contributed by atoms with van der Waals surface area (Å²) in [5, 5.41) is 14.7.